The summed E-state index contributed by atoms with van der Waals surface area (Å²) in [6.45, 7) is 9.80. The summed E-state index contributed by atoms with van der Waals surface area (Å²) in [5.41, 5.74) is 0.542. The molecule has 2 rings (SSSR count). The van der Waals surface area contributed by atoms with Crippen LogP contribution in [0.15, 0.2) is 0 Å². The van der Waals surface area contributed by atoms with Crippen LogP contribution in [0.3, 0.4) is 0 Å². The predicted molar refractivity (Wildman–Crippen MR) is 70.5 cm³/mol. The minimum atomic E-state index is 0.542. The number of hydrogen-bond acceptors (Lipinski definition) is 1. The maximum absolute atomic E-state index is 3.49. The van der Waals surface area contributed by atoms with Crippen molar-refractivity contribution < 1.29 is 0 Å². The van der Waals surface area contributed by atoms with Gasteiger partial charge in [-0.05, 0) is 61.9 Å². The van der Waals surface area contributed by atoms with Crippen LogP contribution in [0.4, 0.5) is 0 Å². The van der Waals surface area contributed by atoms with Crippen molar-refractivity contribution in [3.05, 3.63) is 0 Å². The van der Waals surface area contributed by atoms with Crippen molar-refractivity contribution in [3.63, 3.8) is 0 Å². The fourth-order valence-corrected chi connectivity index (χ4v) is 3.65. The van der Waals surface area contributed by atoms with Crippen LogP contribution in [-0.4, -0.2) is 13.1 Å². The highest BCUT2D eigenvalue weighted by molar-refractivity contribution is 4.82. The number of nitrogens with one attached hydrogen (secondary N) is 1. The van der Waals surface area contributed by atoms with Gasteiger partial charge in [-0.25, -0.2) is 0 Å². The van der Waals surface area contributed by atoms with Crippen LogP contribution in [0, 0.1) is 23.2 Å². The highest BCUT2D eigenvalue weighted by Gasteiger charge is 2.30. The lowest BCUT2D eigenvalue weighted by atomic mass is 9.68. The van der Waals surface area contributed by atoms with Gasteiger partial charge in [0.2, 0.25) is 0 Å². The topological polar surface area (TPSA) is 12.0 Å². The maximum atomic E-state index is 3.49. The van der Waals surface area contributed by atoms with E-state index in [-0.39, 0.29) is 0 Å². The first-order chi connectivity index (χ1) is 7.55. The Kier molecular flexibility index (Phi) is 3.94. The normalized spacial score (nSPS) is 36.6. The molecule has 0 amide bonds. The van der Waals surface area contributed by atoms with Crippen molar-refractivity contribution >= 4 is 0 Å². The molecule has 1 unspecified atom stereocenters. The van der Waals surface area contributed by atoms with Crippen molar-refractivity contribution in [3.8, 4) is 0 Å². The van der Waals surface area contributed by atoms with E-state index in [1.54, 1.807) is 0 Å². The summed E-state index contributed by atoms with van der Waals surface area (Å²) in [7, 11) is 0. The van der Waals surface area contributed by atoms with E-state index < -0.39 is 0 Å². The van der Waals surface area contributed by atoms with Crippen molar-refractivity contribution in [2.24, 2.45) is 23.2 Å². The molecule has 2 fully saturated rings. The molecule has 0 bridgehead atoms. The van der Waals surface area contributed by atoms with Gasteiger partial charge in [-0.15, -0.1) is 0 Å². The molecule has 1 saturated carbocycles. The van der Waals surface area contributed by atoms with E-state index in [1.165, 1.54) is 51.6 Å². The molecule has 0 spiro atoms. The highest BCUT2D eigenvalue weighted by atomic mass is 14.9. The molecular weight excluding hydrogens is 194 g/mol. The van der Waals surface area contributed by atoms with Crippen LogP contribution in [0.5, 0.6) is 0 Å². The van der Waals surface area contributed by atoms with Gasteiger partial charge in [0.05, 0.1) is 0 Å². The monoisotopic (exact) mass is 223 g/mol. The first kappa shape index (κ1) is 12.4. The summed E-state index contributed by atoms with van der Waals surface area (Å²) in [4.78, 5) is 0. The number of rotatable bonds is 2. The van der Waals surface area contributed by atoms with Crippen molar-refractivity contribution in [2.45, 2.75) is 59.3 Å². The van der Waals surface area contributed by atoms with Crippen molar-refractivity contribution in [1.82, 2.24) is 5.32 Å². The van der Waals surface area contributed by atoms with E-state index in [9.17, 15) is 0 Å². The van der Waals surface area contributed by atoms with Crippen LogP contribution in [0.25, 0.3) is 0 Å². The molecule has 1 nitrogen and oxygen atoms in total. The molecule has 16 heavy (non-hydrogen) atoms. The lowest BCUT2D eigenvalue weighted by Crippen LogP contribution is -2.26. The third kappa shape index (κ3) is 3.23. The second-order valence-electron chi connectivity index (χ2n) is 7.18. The Hall–Kier alpha value is -0.0400. The summed E-state index contributed by atoms with van der Waals surface area (Å²) < 4.78 is 0. The zero-order chi connectivity index (χ0) is 11.6. The largest absolute Gasteiger partial charge is 0.316 e. The quantitative estimate of drug-likeness (QED) is 0.750. The van der Waals surface area contributed by atoms with Gasteiger partial charge in [-0.3, -0.25) is 0 Å². The van der Waals surface area contributed by atoms with E-state index in [2.05, 4.69) is 26.1 Å². The highest BCUT2D eigenvalue weighted by Crippen LogP contribution is 2.41. The van der Waals surface area contributed by atoms with Gasteiger partial charge >= 0.3 is 0 Å². The molecule has 1 heterocycles. The van der Waals surface area contributed by atoms with Crippen LogP contribution in [0.1, 0.15) is 59.3 Å². The summed E-state index contributed by atoms with van der Waals surface area (Å²) in [5, 5.41) is 3.49. The first-order valence-electron chi connectivity index (χ1n) is 7.26. The Balaban J connectivity index is 1.72. The Bertz CT molecular complexity index is 202. The van der Waals surface area contributed by atoms with Crippen molar-refractivity contribution in [1.29, 1.82) is 0 Å². The Morgan fingerprint density at radius 1 is 0.938 bits per heavy atom. The van der Waals surface area contributed by atoms with E-state index >= 15 is 0 Å². The van der Waals surface area contributed by atoms with Gasteiger partial charge in [0.15, 0.2) is 0 Å². The van der Waals surface area contributed by atoms with Crippen LogP contribution in [-0.2, 0) is 0 Å². The molecule has 1 atom stereocenters. The zero-order valence-electron chi connectivity index (χ0n) is 11.4. The molecule has 0 aromatic carbocycles. The molecule has 1 saturated heterocycles. The maximum Gasteiger partial charge on any atom is -0.00199 e. The summed E-state index contributed by atoms with van der Waals surface area (Å²) >= 11 is 0. The average Bonchev–Trinajstić information content (AvgIpc) is 2.70. The van der Waals surface area contributed by atoms with Crippen LogP contribution >= 0.6 is 0 Å². The smallest absolute Gasteiger partial charge is 0.00199 e. The molecule has 0 aromatic heterocycles. The SMILES string of the molecule is CC(C)(C)C1CCC(CC2CCNC2)CC1. The summed E-state index contributed by atoms with van der Waals surface area (Å²) in [5.74, 6) is 3.02. The fourth-order valence-electron chi connectivity index (χ4n) is 3.65. The lowest BCUT2D eigenvalue weighted by molar-refractivity contribution is 0.140. The summed E-state index contributed by atoms with van der Waals surface area (Å²) in [6, 6.07) is 0. The molecule has 0 aromatic rings. The van der Waals surface area contributed by atoms with Gasteiger partial charge < -0.3 is 5.32 Å². The fraction of sp³-hybridized carbons (Fsp3) is 1.00. The van der Waals surface area contributed by atoms with E-state index in [0.717, 1.165) is 17.8 Å². The second-order valence-corrected chi connectivity index (χ2v) is 7.18. The van der Waals surface area contributed by atoms with Gasteiger partial charge in [0.25, 0.3) is 0 Å². The van der Waals surface area contributed by atoms with Gasteiger partial charge in [0, 0.05) is 0 Å². The molecule has 1 N–H and O–H groups in total. The average molecular weight is 223 g/mol. The lowest BCUT2D eigenvalue weighted by Gasteiger charge is -2.37. The van der Waals surface area contributed by atoms with E-state index in [0.29, 0.717) is 5.41 Å². The zero-order valence-corrected chi connectivity index (χ0v) is 11.4. The molecule has 94 valence electrons. The predicted octanol–water partition coefficient (Wildman–Crippen LogP) is 3.84. The van der Waals surface area contributed by atoms with Gasteiger partial charge in [0.1, 0.15) is 0 Å². The molecule has 1 heteroatoms. The Morgan fingerprint density at radius 2 is 1.62 bits per heavy atom. The molecule has 0 radical (unpaired) electrons. The Labute approximate surface area is 101 Å². The van der Waals surface area contributed by atoms with Gasteiger partial charge in [-0.2, -0.15) is 0 Å². The first-order valence-corrected chi connectivity index (χ1v) is 7.26. The third-order valence-electron chi connectivity index (χ3n) is 4.90. The Morgan fingerprint density at radius 3 is 2.12 bits per heavy atom. The molecule has 2 aliphatic rings. The number of hydrogen-bond donors (Lipinski definition) is 1. The van der Waals surface area contributed by atoms with Gasteiger partial charge in [-0.1, -0.05) is 33.6 Å². The minimum Gasteiger partial charge on any atom is -0.316 e. The molecular formula is C15H29N. The van der Waals surface area contributed by atoms with Crippen LogP contribution < -0.4 is 5.32 Å². The second kappa shape index (κ2) is 5.08. The standard InChI is InChI=1S/C15H29N/c1-15(2,3)14-6-4-12(5-7-14)10-13-8-9-16-11-13/h12-14,16H,4-11H2,1-3H3. The molecule has 1 aliphatic heterocycles. The van der Waals surface area contributed by atoms with E-state index in [1.807, 2.05) is 0 Å². The molecule has 1 aliphatic carbocycles. The van der Waals surface area contributed by atoms with E-state index in [4.69, 9.17) is 0 Å². The minimum absolute atomic E-state index is 0.542. The van der Waals surface area contributed by atoms with Crippen molar-refractivity contribution in [2.75, 3.05) is 13.1 Å². The summed E-state index contributed by atoms with van der Waals surface area (Å²) in [6.07, 6.45) is 8.89. The van der Waals surface area contributed by atoms with Crippen LogP contribution in [0.2, 0.25) is 0 Å². The third-order valence-corrected chi connectivity index (χ3v) is 4.90.